The summed E-state index contributed by atoms with van der Waals surface area (Å²) >= 11 is 0. The third-order valence-electron chi connectivity index (χ3n) is 4.39. The largest absolute Gasteiger partial charge is 0.433 e. The van der Waals surface area contributed by atoms with Crippen LogP contribution in [-0.2, 0) is 14.8 Å². The lowest BCUT2D eigenvalue weighted by Gasteiger charge is -2.26. The van der Waals surface area contributed by atoms with Gasteiger partial charge in [0.25, 0.3) is 5.91 Å². The highest BCUT2D eigenvalue weighted by Crippen LogP contribution is 2.27. The van der Waals surface area contributed by atoms with Gasteiger partial charge in [0.15, 0.2) is 0 Å². The number of hydrogen-bond acceptors (Lipinski definition) is 5. The summed E-state index contributed by atoms with van der Waals surface area (Å²) in [6.45, 7) is -0.329. The number of halogens is 2. The number of carbonyl (C=O) groups is 1. The molecule has 1 aliphatic rings. The topological polar surface area (TPSA) is 84.9 Å². The zero-order valence-corrected chi connectivity index (χ0v) is 16.4. The Labute approximate surface area is 167 Å². The number of para-hydroxylation sites is 2. The Bertz CT molecular complexity index is 992. The van der Waals surface area contributed by atoms with Gasteiger partial charge in [0, 0.05) is 18.7 Å². The summed E-state index contributed by atoms with van der Waals surface area (Å²) in [7, 11) is -3.80. The first-order valence-electron chi connectivity index (χ1n) is 8.83. The van der Waals surface area contributed by atoms with Crippen molar-refractivity contribution in [3.05, 3.63) is 53.6 Å². The number of anilines is 1. The Morgan fingerprint density at radius 2 is 1.86 bits per heavy atom. The Balaban J connectivity index is 1.87. The molecule has 1 heterocycles. The number of sulfonamides is 1. The van der Waals surface area contributed by atoms with E-state index in [-0.39, 0.29) is 35.0 Å². The molecule has 0 aromatic heterocycles. The number of carbonyl (C=O) groups excluding carboxylic acids is 1. The summed E-state index contributed by atoms with van der Waals surface area (Å²) in [4.78, 5) is 12.7. The number of nitrogens with one attached hydrogen (secondary N) is 1. The van der Waals surface area contributed by atoms with Gasteiger partial charge in [-0.15, -0.1) is 0 Å². The van der Waals surface area contributed by atoms with Gasteiger partial charge >= 0.3 is 6.61 Å². The van der Waals surface area contributed by atoms with Crippen LogP contribution >= 0.6 is 0 Å². The van der Waals surface area contributed by atoms with Gasteiger partial charge in [-0.05, 0) is 36.8 Å². The predicted octanol–water partition coefficient (Wildman–Crippen LogP) is 2.87. The lowest BCUT2D eigenvalue weighted by molar-refractivity contribution is -0.0493. The normalized spacial score (nSPS) is 15.3. The van der Waals surface area contributed by atoms with Crippen LogP contribution in [0.4, 0.5) is 14.5 Å². The molecule has 0 spiro atoms. The Kier molecular flexibility index (Phi) is 6.46. The van der Waals surface area contributed by atoms with E-state index in [0.717, 1.165) is 0 Å². The second kappa shape index (κ2) is 8.85. The Morgan fingerprint density at radius 1 is 1.17 bits per heavy atom. The van der Waals surface area contributed by atoms with Crippen LogP contribution in [0, 0.1) is 6.92 Å². The summed E-state index contributed by atoms with van der Waals surface area (Å²) in [6, 6.07) is 10.0. The minimum absolute atomic E-state index is 0.0177. The zero-order chi connectivity index (χ0) is 21.0. The molecule has 0 unspecified atom stereocenters. The highest BCUT2D eigenvalue weighted by atomic mass is 32.2. The van der Waals surface area contributed by atoms with E-state index in [0.29, 0.717) is 18.8 Å². The molecule has 156 valence electrons. The van der Waals surface area contributed by atoms with E-state index < -0.39 is 22.5 Å². The molecule has 1 N–H and O–H groups in total. The highest BCUT2D eigenvalue weighted by Gasteiger charge is 2.28. The van der Waals surface area contributed by atoms with Crippen LogP contribution in [0.25, 0.3) is 0 Å². The number of amides is 1. The molecule has 0 bridgehead atoms. The van der Waals surface area contributed by atoms with Crippen LogP contribution in [0.15, 0.2) is 47.4 Å². The third kappa shape index (κ3) is 4.89. The molecule has 1 saturated heterocycles. The molecule has 0 atom stereocenters. The number of aryl methyl sites for hydroxylation is 1. The number of hydrogen-bond donors (Lipinski definition) is 1. The number of ether oxygens (including phenoxy) is 2. The molecule has 1 amide bonds. The van der Waals surface area contributed by atoms with E-state index in [4.69, 9.17) is 4.74 Å². The van der Waals surface area contributed by atoms with Crippen LogP contribution in [-0.4, -0.2) is 51.5 Å². The predicted molar refractivity (Wildman–Crippen MR) is 102 cm³/mol. The average Bonchev–Trinajstić information content (AvgIpc) is 2.70. The molecule has 29 heavy (non-hydrogen) atoms. The maximum absolute atomic E-state index is 13.0. The molecule has 3 rings (SSSR count). The molecular formula is C19H20F2N2O5S. The second-order valence-electron chi connectivity index (χ2n) is 6.33. The monoisotopic (exact) mass is 426 g/mol. The summed E-state index contributed by atoms with van der Waals surface area (Å²) < 4.78 is 61.9. The van der Waals surface area contributed by atoms with Crippen molar-refractivity contribution in [3.63, 3.8) is 0 Å². The maximum atomic E-state index is 13.0. The van der Waals surface area contributed by atoms with Crippen LogP contribution in [0.1, 0.15) is 15.9 Å². The lowest BCUT2D eigenvalue weighted by Crippen LogP contribution is -2.40. The van der Waals surface area contributed by atoms with Crippen LogP contribution in [0.5, 0.6) is 5.75 Å². The molecule has 0 aliphatic carbocycles. The van der Waals surface area contributed by atoms with Gasteiger partial charge in [0.2, 0.25) is 10.0 Å². The molecule has 0 radical (unpaired) electrons. The van der Waals surface area contributed by atoms with Crippen LogP contribution in [0.2, 0.25) is 0 Å². The van der Waals surface area contributed by atoms with Crippen LogP contribution < -0.4 is 10.1 Å². The van der Waals surface area contributed by atoms with Crippen molar-refractivity contribution < 1.29 is 31.5 Å². The fraction of sp³-hybridized carbons (Fsp3) is 0.316. The van der Waals surface area contributed by atoms with Gasteiger partial charge in [-0.2, -0.15) is 13.1 Å². The summed E-state index contributed by atoms with van der Waals surface area (Å²) in [5.74, 6) is -0.835. The first-order chi connectivity index (χ1) is 13.8. The van der Waals surface area contributed by atoms with Crippen molar-refractivity contribution in [2.24, 2.45) is 0 Å². The van der Waals surface area contributed by atoms with Crippen molar-refractivity contribution in [1.29, 1.82) is 0 Å². The number of rotatable bonds is 6. The van der Waals surface area contributed by atoms with Crippen molar-refractivity contribution >= 4 is 21.6 Å². The first kappa shape index (κ1) is 21.2. The minimum atomic E-state index is -3.80. The molecule has 0 saturated carbocycles. The van der Waals surface area contributed by atoms with Gasteiger partial charge in [-0.25, -0.2) is 8.42 Å². The van der Waals surface area contributed by atoms with Gasteiger partial charge in [0.1, 0.15) is 5.75 Å². The fourth-order valence-corrected chi connectivity index (χ4v) is 4.57. The van der Waals surface area contributed by atoms with Crippen LogP contribution in [0.3, 0.4) is 0 Å². The van der Waals surface area contributed by atoms with Gasteiger partial charge < -0.3 is 14.8 Å². The summed E-state index contributed by atoms with van der Waals surface area (Å²) in [5.41, 5.74) is 0.625. The second-order valence-corrected chi connectivity index (χ2v) is 8.23. The van der Waals surface area contributed by atoms with Gasteiger partial charge in [-0.1, -0.05) is 18.2 Å². The molecule has 2 aromatic carbocycles. The van der Waals surface area contributed by atoms with E-state index in [1.165, 1.54) is 40.7 Å². The van der Waals surface area contributed by atoms with E-state index >= 15 is 0 Å². The maximum Gasteiger partial charge on any atom is 0.387 e. The van der Waals surface area contributed by atoms with E-state index in [9.17, 15) is 22.0 Å². The quantitative estimate of drug-likeness (QED) is 0.768. The third-order valence-corrected chi connectivity index (χ3v) is 6.43. The number of alkyl halides is 2. The van der Waals surface area contributed by atoms with Crippen molar-refractivity contribution in [2.45, 2.75) is 18.4 Å². The zero-order valence-electron chi connectivity index (χ0n) is 15.6. The molecule has 10 heteroatoms. The van der Waals surface area contributed by atoms with Gasteiger partial charge in [-0.3, -0.25) is 4.79 Å². The van der Waals surface area contributed by atoms with Gasteiger partial charge in [0.05, 0.1) is 23.8 Å². The standard InChI is InChI=1S/C19H20F2N2O5S/c1-13-6-7-14(12-17(13)29(25,26)23-8-10-27-11-9-23)18(24)22-15-4-2-3-5-16(15)28-19(20)21/h2-7,12,19H,8-11H2,1H3,(H,22,24). The van der Waals surface area contributed by atoms with E-state index in [1.807, 2.05) is 0 Å². The fourth-order valence-electron chi connectivity index (χ4n) is 2.91. The Morgan fingerprint density at radius 3 is 2.55 bits per heavy atom. The van der Waals surface area contributed by atoms with Crippen molar-refractivity contribution in [2.75, 3.05) is 31.6 Å². The first-order valence-corrected chi connectivity index (χ1v) is 10.3. The highest BCUT2D eigenvalue weighted by molar-refractivity contribution is 7.89. The summed E-state index contributed by atoms with van der Waals surface area (Å²) in [5, 5.41) is 2.48. The van der Waals surface area contributed by atoms with Crippen molar-refractivity contribution in [1.82, 2.24) is 4.31 Å². The summed E-state index contributed by atoms with van der Waals surface area (Å²) in [6.07, 6.45) is 0. The molecule has 1 aliphatic heterocycles. The van der Waals surface area contributed by atoms with E-state index in [2.05, 4.69) is 10.1 Å². The van der Waals surface area contributed by atoms with E-state index in [1.54, 1.807) is 13.0 Å². The number of benzene rings is 2. The molecular weight excluding hydrogens is 406 g/mol. The number of morpholine rings is 1. The smallest absolute Gasteiger partial charge is 0.387 e. The molecule has 1 fully saturated rings. The average molecular weight is 426 g/mol. The Hall–Kier alpha value is -2.56. The molecule has 2 aromatic rings. The molecule has 7 nitrogen and oxygen atoms in total. The minimum Gasteiger partial charge on any atom is -0.433 e. The van der Waals surface area contributed by atoms with Crippen molar-refractivity contribution in [3.8, 4) is 5.75 Å². The lowest BCUT2D eigenvalue weighted by atomic mass is 10.1. The SMILES string of the molecule is Cc1ccc(C(=O)Nc2ccccc2OC(F)F)cc1S(=O)(=O)N1CCOCC1. The number of nitrogens with zero attached hydrogens (tertiary/aromatic N) is 1.